The number of hydrogen-bond acceptors (Lipinski definition) is 23. The van der Waals surface area contributed by atoms with Crippen molar-refractivity contribution in [3.63, 3.8) is 0 Å². The number of anilines is 1. The second kappa shape index (κ2) is 37.2. The highest BCUT2D eigenvalue weighted by atomic mass is 35.5. The fourth-order valence-electron chi connectivity index (χ4n) is 13.0. The van der Waals surface area contributed by atoms with Crippen molar-refractivity contribution >= 4 is 108 Å². The normalized spacial score (nSPS) is 27.2. The summed E-state index contributed by atoms with van der Waals surface area (Å²) in [4.78, 5) is 113. The van der Waals surface area contributed by atoms with Crippen LogP contribution in [0.4, 0.5) is 5.82 Å². The summed E-state index contributed by atoms with van der Waals surface area (Å²) in [5.41, 5.74) is 13.1. The number of phenolic OH excluding ortho intramolecular Hbond substituents is 1. The van der Waals surface area contributed by atoms with Crippen LogP contribution in [0.3, 0.4) is 0 Å². The van der Waals surface area contributed by atoms with Gasteiger partial charge in [0.05, 0.1) is 36.6 Å². The summed E-state index contributed by atoms with van der Waals surface area (Å²) < 4.78 is 5.52. The number of fused-ring (bicyclic) bond motifs is 2. The maximum atomic E-state index is 14.7. The van der Waals surface area contributed by atoms with Gasteiger partial charge in [0.1, 0.15) is 58.7 Å². The molecule has 97 heavy (non-hydrogen) atoms. The summed E-state index contributed by atoms with van der Waals surface area (Å²) in [6.45, 7) is 7.16. The third-order valence-electron chi connectivity index (χ3n) is 18.4. The molecule has 4 saturated heterocycles. The molecule has 538 valence electrons. The molecule has 1 saturated carbocycles. The Morgan fingerprint density at radius 3 is 2.00 bits per heavy atom. The largest absolute Gasteiger partial charge is 0.504 e. The van der Waals surface area contributed by atoms with Crippen LogP contribution in [0.25, 0.3) is 21.1 Å². The molecule has 0 bridgehead atoms. The second-order valence-electron chi connectivity index (χ2n) is 25.0. The van der Waals surface area contributed by atoms with E-state index in [2.05, 4.69) is 53.5 Å². The van der Waals surface area contributed by atoms with E-state index in [-0.39, 0.29) is 105 Å². The Balaban J connectivity index is 0.00000425. The lowest BCUT2D eigenvalue weighted by Gasteiger charge is -2.42. The summed E-state index contributed by atoms with van der Waals surface area (Å²) >= 11 is 1.32. The molecule has 34 heteroatoms. The minimum absolute atomic E-state index is 0. The molecule has 13 atom stereocenters. The summed E-state index contributed by atoms with van der Waals surface area (Å²) in [6, 6.07) is 3.87. The maximum Gasteiger partial charge on any atom is 0.251 e. The first-order valence-electron chi connectivity index (χ1n) is 32.0. The number of nitrogens with one attached hydrogen (secondary N) is 5. The molecule has 0 radical (unpaired) electrons. The van der Waals surface area contributed by atoms with E-state index >= 15 is 0 Å². The van der Waals surface area contributed by atoms with Crippen LogP contribution >= 0.6 is 61.0 Å². The van der Waals surface area contributed by atoms with E-state index in [4.69, 9.17) is 21.2 Å². The van der Waals surface area contributed by atoms with Crippen LogP contribution in [0, 0.1) is 11.8 Å². The van der Waals surface area contributed by atoms with Gasteiger partial charge in [0, 0.05) is 106 Å². The SMILES string of the molecule is CCC1CCC(N2CCN(c3ccc(-c4nnc(-c5ccc(C(=O)N[C@H]6C[C@@H](O)CNC(=O)[C@@H]7[C@@H](O)[C@@H](C)CN7C(=O)[C@H]([C@H](O)CCN)NC(=O)[C@H]([C@H](O)Cc7ccc(O)c(OCCN)c7)NC(=O)[C@@H]7C[C@@H](O)CN7C(=O)[C@H]([C@@H](C)O)NC6=O)cc5)s4)cn3)CC2)CC1.Cl.Cl.Cl.Cl. The first-order valence-corrected chi connectivity index (χ1v) is 32.8. The Morgan fingerprint density at radius 1 is 0.732 bits per heavy atom. The molecule has 9 rings (SSSR count). The molecule has 16 N–H and O–H groups in total. The van der Waals surface area contributed by atoms with E-state index in [9.17, 15) is 69.3 Å². The van der Waals surface area contributed by atoms with Gasteiger partial charge in [-0.2, -0.15) is 0 Å². The van der Waals surface area contributed by atoms with Crippen LogP contribution in [-0.4, -0.2) is 251 Å². The number of benzene rings is 2. The Morgan fingerprint density at radius 2 is 1.37 bits per heavy atom. The number of β-amino-alcohol motifs (C(OH)–C–C–N with tert-alkyl or cyclic N) is 1. The monoisotopic (exact) mass is 1460 g/mol. The van der Waals surface area contributed by atoms with E-state index in [1.165, 1.54) is 80.7 Å². The van der Waals surface area contributed by atoms with Crippen LogP contribution in [-0.2, 0) is 35.2 Å². The molecule has 2 aromatic heterocycles. The number of phenols is 1. The predicted octanol–water partition coefficient (Wildman–Crippen LogP) is -0.614. The molecule has 4 aromatic rings. The van der Waals surface area contributed by atoms with Crippen LogP contribution in [0.1, 0.15) is 88.1 Å². The third-order valence-corrected chi connectivity index (χ3v) is 19.4. The maximum absolute atomic E-state index is 14.7. The fraction of sp³-hybridized carbons (Fsp3) is 0.587. The van der Waals surface area contributed by atoms with Crippen molar-refractivity contribution in [2.75, 3.05) is 70.4 Å². The van der Waals surface area contributed by atoms with Crippen molar-refractivity contribution in [2.24, 2.45) is 23.3 Å². The molecule has 5 aliphatic rings. The van der Waals surface area contributed by atoms with Crippen molar-refractivity contribution in [3.8, 4) is 32.6 Å². The van der Waals surface area contributed by atoms with E-state index in [0.29, 0.717) is 21.6 Å². The van der Waals surface area contributed by atoms with E-state index < -0.39 is 152 Å². The average Bonchev–Trinajstić information content (AvgIpc) is 1.70. The highest BCUT2D eigenvalue weighted by Crippen LogP contribution is 2.34. The zero-order valence-corrected chi connectivity index (χ0v) is 58.2. The Hall–Kier alpha value is -6.36. The molecular weight excluding hydrogens is 1370 g/mol. The van der Waals surface area contributed by atoms with Gasteiger partial charge in [-0.05, 0) is 93.5 Å². The van der Waals surface area contributed by atoms with Gasteiger partial charge in [-0.1, -0.05) is 49.8 Å². The van der Waals surface area contributed by atoms with Crippen molar-refractivity contribution in [1.29, 1.82) is 0 Å². The molecular formula is C63H92Cl4N14O15S. The Kier molecular flexibility index (Phi) is 31.2. The zero-order chi connectivity index (χ0) is 66.8. The number of aliphatic hydroxyl groups excluding tert-OH is 6. The minimum atomic E-state index is -2.04. The van der Waals surface area contributed by atoms with Crippen molar-refractivity contribution < 1.29 is 74.0 Å². The van der Waals surface area contributed by atoms with Gasteiger partial charge in [0.25, 0.3) is 5.91 Å². The Labute approximate surface area is 591 Å². The van der Waals surface area contributed by atoms with Crippen LogP contribution in [0.2, 0.25) is 0 Å². The third kappa shape index (κ3) is 20.0. The molecule has 7 amide bonds. The second-order valence-corrected chi connectivity index (χ2v) is 26.0. The molecule has 0 spiro atoms. The van der Waals surface area contributed by atoms with Crippen molar-refractivity contribution in [2.45, 2.75) is 157 Å². The summed E-state index contributed by atoms with van der Waals surface area (Å²) in [6.07, 6.45) is -3.65. The van der Waals surface area contributed by atoms with Gasteiger partial charge in [0.2, 0.25) is 35.4 Å². The summed E-state index contributed by atoms with van der Waals surface area (Å²) in [5, 5.41) is 101. The number of halogens is 4. The standard InChI is InChI=1S/C63H88N14O15S.4ClH/c1-4-35-5-13-40(14-6-35)74-20-22-75(23-21-74)49-16-12-39(29-66-49)61-73-72-60(93-61)38-10-8-37(9-11-38)55(85)68-43-27-41(79)30-67-59(89)53-54(84)33(2)31-77(53)63(91)52(46(82)17-18-64)71-58(88)51(47(83)25-36-7-15-45(81)48(26-36)92-24-19-65)70-57(87)44-28-42(80)32-76(44)62(90)50(34(3)78)69-56(43)86;;;;/h7-12,15-16,26,29,33-35,40-44,46-47,50-54,78-84H,4-6,13-14,17-25,27-28,30-32,64-65H2,1-3H3,(H,67,89)(H,68,85)(H,69,86)(H,70,87)(H,71,88);4*1H/t33-,34+,35?,40?,41+,42+,43-,44-,46+,47+,50-,51-,52-,53-,54-;;;;/m0..../s1. The molecule has 0 unspecified atom stereocenters. The van der Waals surface area contributed by atoms with E-state index in [1.54, 1.807) is 18.3 Å². The number of piperazine rings is 1. The lowest BCUT2D eigenvalue weighted by Crippen LogP contribution is -2.64. The number of carbonyl (C=O) groups excluding carboxylic acids is 7. The number of pyridine rings is 1. The van der Waals surface area contributed by atoms with Gasteiger partial charge >= 0.3 is 0 Å². The number of aromatic hydroxyl groups is 1. The number of carbonyl (C=O) groups is 7. The highest BCUT2D eigenvalue weighted by molar-refractivity contribution is 7.17. The predicted molar refractivity (Wildman–Crippen MR) is 369 cm³/mol. The van der Waals surface area contributed by atoms with Gasteiger partial charge in [-0.15, -0.1) is 59.8 Å². The summed E-state index contributed by atoms with van der Waals surface area (Å²) in [5.74, 6) is -6.89. The van der Waals surface area contributed by atoms with Crippen molar-refractivity contribution in [3.05, 3.63) is 71.9 Å². The van der Waals surface area contributed by atoms with Gasteiger partial charge in [-0.3, -0.25) is 38.5 Å². The van der Waals surface area contributed by atoms with Gasteiger partial charge in [0.15, 0.2) is 11.5 Å². The number of aromatic nitrogens is 3. The zero-order valence-electron chi connectivity index (χ0n) is 54.1. The first kappa shape index (κ1) is 81.3. The first-order chi connectivity index (χ1) is 44.5. The number of ether oxygens (including phenoxy) is 1. The quantitative estimate of drug-likeness (QED) is 0.0627. The number of rotatable bonds is 17. The number of nitrogens with two attached hydrogens (primary N) is 2. The average molecular weight is 1460 g/mol. The number of aliphatic hydroxyl groups is 6. The lowest BCUT2D eigenvalue weighted by molar-refractivity contribution is -0.147. The molecule has 29 nitrogen and oxygen atoms in total. The smallest absolute Gasteiger partial charge is 0.251 e. The van der Waals surface area contributed by atoms with Gasteiger partial charge in [-0.25, -0.2) is 4.98 Å². The van der Waals surface area contributed by atoms with Crippen LogP contribution < -0.4 is 47.7 Å². The number of hydrogen-bond donors (Lipinski definition) is 14. The van der Waals surface area contributed by atoms with Crippen LogP contribution in [0.5, 0.6) is 11.5 Å². The molecule has 5 fully saturated rings. The highest BCUT2D eigenvalue weighted by Gasteiger charge is 2.50. The van der Waals surface area contributed by atoms with E-state index in [0.717, 1.165) is 60.2 Å². The summed E-state index contributed by atoms with van der Waals surface area (Å²) in [7, 11) is 0. The lowest BCUT2D eigenvalue weighted by atomic mass is 9.84. The molecule has 6 heterocycles. The number of amides is 7. The fourth-order valence-corrected chi connectivity index (χ4v) is 13.8. The minimum Gasteiger partial charge on any atom is -0.504 e. The van der Waals surface area contributed by atoms with Crippen molar-refractivity contribution in [1.82, 2.24) is 56.5 Å². The van der Waals surface area contributed by atoms with E-state index in [1.807, 2.05) is 12.1 Å². The molecule has 1 aliphatic carbocycles. The molecule has 2 aromatic carbocycles. The topological polar surface area (TPSA) is 434 Å². The van der Waals surface area contributed by atoms with Gasteiger partial charge < -0.3 is 93.2 Å². The molecule has 4 aliphatic heterocycles. The number of nitrogens with zero attached hydrogens (tertiary/aromatic N) is 7. The van der Waals surface area contributed by atoms with Crippen LogP contribution in [0.15, 0.2) is 60.8 Å². The Bertz CT molecular complexity index is 3260.